The van der Waals surface area contributed by atoms with Crippen LogP contribution in [0, 0.1) is 19.7 Å². The minimum atomic E-state index is -0.925. The van der Waals surface area contributed by atoms with Gasteiger partial charge in [0.1, 0.15) is 5.82 Å². The predicted molar refractivity (Wildman–Crippen MR) is 93.7 cm³/mol. The fourth-order valence-corrected chi connectivity index (χ4v) is 2.53. The first-order chi connectivity index (χ1) is 11.8. The highest BCUT2D eigenvalue weighted by molar-refractivity contribution is 5.93. The van der Waals surface area contributed by atoms with Gasteiger partial charge in [-0.1, -0.05) is 29.8 Å². The Morgan fingerprint density at radius 1 is 1.16 bits per heavy atom. The van der Waals surface area contributed by atoms with Crippen LogP contribution >= 0.6 is 0 Å². The number of carbonyl (C=O) groups is 2. The van der Waals surface area contributed by atoms with Crippen molar-refractivity contribution in [3.63, 3.8) is 0 Å². The number of carbonyl (C=O) groups excluding carboxylic acids is 2. The van der Waals surface area contributed by atoms with Gasteiger partial charge < -0.3 is 9.64 Å². The second-order valence-corrected chi connectivity index (χ2v) is 6.19. The van der Waals surface area contributed by atoms with E-state index in [4.69, 9.17) is 4.74 Å². The highest BCUT2D eigenvalue weighted by Gasteiger charge is 2.23. The first-order valence-electron chi connectivity index (χ1n) is 8.05. The third-order valence-corrected chi connectivity index (χ3v) is 3.93. The average molecular weight is 343 g/mol. The Morgan fingerprint density at radius 2 is 1.88 bits per heavy atom. The molecular weight excluding hydrogens is 321 g/mol. The van der Waals surface area contributed by atoms with E-state index in [0.29, 0.717) is 11.1 Å². The van der Waals surface area contributed by atoms with Gasteiger partial charge in [-0.3, -0.25) is 4.79 Å². The summed E-state index contributed by atoms with van der Waals surface area (Å²) in [6.07, 6.45) is -0.925. The van der Waals surface area contributed by atoms with E-state index in [1.807, 2.05) is 26.0 Å². The number of aryl methyl sites for hydroxylation is 2. The fraction of sp³-hybridized carbons (Fsp3) is 0.300. The van der Waals surface area contributed by atoms with Gasteiger partial charge in [-0.05, 0) is 50.1 Å². The molecule has 0 aromatic heterocycles. The minimum Gasteiger partial charge on any atom is -0.449 e. The molecule has 132 valence electrons. The summed E-state index contributed by atoms with van der Waals surface area (Å²) in [4.78, 5) is 26.1. The van der Waals surface area contributed by atoms with Crippen molar-refractivity contribution in [2.75, 3.05) is 7.05 Å². The molecule has 1 amide bonds. The Labute approximate surface area is 147 Å². The van der Waals surface area contributed by atoms with E-state index in [-0.39, 0.29) is 18.3 Å². The number of nitrogens with zero attached hydrogens (tertiary/aromatic N) is 1. The molecule has 0 aliphatic heterocycles. The SMILES string of the molecule is Cc1ccc(C)c(C(=O)OC(C)C(=O)N(C)Cc2cccc(F)c2)c1. The lowest BCUT2D eigenvalue weighted by molar-refractivity contribution is -0.139. The number of halogens is 1. The molecule has 0 N–H and O–H groups in total. The van der Waals surface area contributed by atoms with Crippen LogP contribution in [0.5, 0.6) is 0 Å². The zero-order valence-electron chi connectivity index (χ0n) is 14.9. The van der Waals surface area contributed by atoms with Crippen LogP contribution in [-0.2, 0) is 16.1 Å². The summed E-state index contributed by atoms with van der Waals surface area (Å²) in [5, 5.41) is 0. The summed E-state index contributed by atoms with van der Waals surface area (Å²) in [5.74, 6) is -1.23. The molecule has 2 aromatic rings. The Morgan fingerprint density at radius 3 is 2.56 bits per heavy atom. The second kappa shape index (κ2) is 7.92. The molecule has 2 aromatic carbocycles. The maximum Gasteiger partial charge on any atom is 0.339 e. The zero-order valence-corrected chi connectivity index (χ0v) is 14.9. The maximum atomic E-state index is 13.2. The van der Waals surface area contributed by atoms with Gasteiger partial charge in [0.15, 0.2) is 6.10 Å². The van der Waals surface area contributed by atoms with Crippen molar-refractivity contribution in [2.45, 2.75) is 33.4 Å². The molecule has 0 fully saturated rings. The molecule has 0 aliphatic carbocycles. The van der Waals surface area contributed by atoms with Crippen LogP contribution in [-0.4, -0.2) is 29.9 Å². The van der Waals surface area contributed by atoms with Crippen LogP contribution in [0.2, 0.25) is 0 Å². The van der Waals surface area contributed by atoms with Gasteiger partial charge in [0.05, 0.1) is 5.56 Å². The lowest BCUT2D eigenvalue weighted by Gasteiger charge is -2.22. The molecule has 1 unspecified atom stereocenters. The van der Waals surface area contributed by atoms with Gasteiger partial charge in [-0.15, -0.1) is 0 Å². The van der Waals surface area contributed by atoms with Crippen molar-refractivity contribution in [2.24, 2.45) is 0 Å². The zero-order chi connectivity index (χ0) is 18.6. The van der Waals surface area contributed by atoms with E-state index in [0.717, 1.165) is 11.1 Å². The highest BCUT2D eigenvalue weighted by atomic mass is 19.1. The number of likely N-dealkylation sites (N-methyl/N-ethyl adjacent to an activating group) is 1. The van der Waals surface area contributed by atoms with Crippen molar-refractivity contribution in [1.29, 1.82) is 0 Å². The molecule has 0 bridgehead atoms. The van der Waals surface area contributed by atoms with Crippen molar-refractivity contribution < 1.29 is 18.7 Å². The summed E-state index contributed by atoms with van der Waals surface area (Å²) in [6, 6.07) is 11.5. The van der Waals surface area contributed by atoms with Crippen LogP contribution in [0.25, 0.3) is 0 Å². The molecule has 5 heteroatoms. The van der Waals surface area contributed by atoms with Crippen molar-refractivity contribution in [1.82, 2.24) is 4.90 Å². The molecule has 1 atom stereocenters. The van der Waals surface area contributed by atoms with Crippen molar-refractivity contribution in [3.8, 4) is 0 Å². The molecule has 4 nitrogen and oxygen atoms in total. The first-order valence-corrected chi connectivity index (χ1v) is 8.05. The van der Waals surface area contributed by atoms with E-state index in [9.17, 15) is 14.0 Å². The normalized spacial score (nSPS) is 11.7. The smallest absolute Gasteiger partial charge is 0.339 e. The largest absolute Gasteiger partial charge is 0.449 e. The van der Waals surface area contributed by atoms with Crippen LogP contribution < -0.4 is 0 Å². The molecule has 25 heavy (non-hydrogen) atoms. The predicted octanol–water partition coefficient (Wildman–Crippen LogP) is 3.65. The number of rotatable bonds is 5. The summed E-state index contributed by atoms with van der Waals surface area (Å²) in [5.41, 5.74) is 2.86. The number of benzene rings is 2. The molecule has 0 spiro atoms. The molecule has 0 saturated carbocycles. The van der Waals surface area contributed by atoms with Gasteiger partial charge in [-0.2, -0.15) is 0 Å². The molecule has 2 rings (SSSR count). The monoisotopic (exact) mass is 343 g/mol. The second-order valence-electron chi connectivity index (χ2n) is 6.19. The van der Waals surface area contributed by atoms with E-state index < -0.39 is 12.1 Å². The number of esters is 1. The average Bonchev–Trinajstić information content (AvgIpc) is 2.56. The molecule has 0 saturated heterocycles. The molecular formula is C20H22FNO3. The lowest BCUT2D eigenvalue weighted by Crippen LogP contribution is -2.37. The third-order valence-electron chi connectivity index (χ3n) is 3.93. The number of ether oxygens (including phenoxy) is 1. The number of hydrogen-bond donors (Lipinski definition) is 0. The van der Waals surface area contributed by atoms with Crippen molar-refractivity contribution in [3.05, 3.63) is 70.5 Å². The quantitative estimate of drug-likeness (QED) is 0.779. The topological polar surface area (TPSA) is 46.6 Å². The summed E-state index contributed by atoms with van der Waals surface area (Å²) in [7, 11) is 1.59. The Hall–Kier alpha value is -2.69. The van der Waals surface area contributed by atoms with Crippen molar-refractivity contribution >= 4 is 11.9 Å². The van der Waals surface area contributed by atoms with E-state index in [2.05, 4.69) is 0 Å². The van der Waals surface area contributed by atoms with Crippen LogP contribution in [0.4, 0.5) is 4.39 Å². The minimum absolute atomic E-state index is 0.238. The summed E-state index contributed by atoms with van der Waals surface area (Å²) >= 11 is 0. The van der Waals surface area contributed by atoms with Gasteiger partial charge in [-0.25, -0.2) is 9.18 Å². The summed E-state index contributed by atoms with van der Waals surface area (Å²) in [6.45, 7) is 5.48. The Bertz CT molecular complexity index is 788. The first kappa shape index (κ1) is 18.6. The Balaban J connectivity index is 2.01. The van der Waals surface area contributed by atoms with Gasteiger partial charge in [0.2, 0.25) is 0 Å². The van der Waals surface area contributed by atoms with Crippen LogP contribution in [0.1, 0.15) is 34.0 Å². The number of hydrogen-bond acceptors (Lipinski definition) is 3. The van der Waals surface area contributed by atoms with Gasteiger partial charge in [0, 0.05) is 13.6 Å². The maximum absolute atomic E-state index is 13.2. The molecule has 0 radical (unpaired) electrons. The third kappa shape index (κ3) is 4.89. The lowest BCUT2D eigenvalue weighted by atomic mass is 10.1. The van der Waals surface area contributed by atoms with Gasteiger partial charge in [0.25, 0.3) is 5.91 Å². The fourth-order valence-electron chi connectivity index (χ4n) is 2.53. The van der Waals surface area contributed by atoms with Gasteiger partial charge >= 0.3 is 5.97 Å². The highest BCUT2D eigenvalue weighted by Crippen LogP contribution is 2.14. The molecule has 0 heterocycles. The van der Waals surface area contributed by atoms with Crippen LogP contribution in [0.3, 0.4) is 0 Å². The Kier molecular flexibility index (Phi) is 5.91. The molecule has 0 aliphatic rings. The van der Waals surface area contributed by atoms with E-state index >= 15 is 0 Å². The van der Waals surface area contributed by atoms with E-state index in [1.54, 1.807) is 25.2 Å². The summed E-state index contributed by atoms with van der Waals surface area (Å²) < 4.78 is 18.5. The number of amides is 1. The van der Waals surface area contributed by atoms with E-state index in [1.165, 1.54) is 24.0 Å². The standard InChI is InChI=1S/C20H22FNO3/c1-13-8-9-14(2)18(10-13)20(24)25-15(3)19(23)22(4)12-16-6-5-7-17(21)11-16/h5-11,15H,12H2,1-4H3. The van der Waals surface area contributed by atoms with Crippen LogP contribution in [0.15, 0.2) is 42.5 Å².